The number of nitrogen functional groups attached to an aromatic ring is 1. The number of nitrogens with one attached hydrogen (secondary N) is 3. The summed E-state index contributed by atoms with van der Waals surface area (Å²) >= 11 is 0. The number of H-pyrrole nitrogens is 3. The fourth-order valence-electron chi connectivity index (χ4n) is 1.74. The Morgan fingerprint density at radius 2 is 1.61 bits per heavy atom. The third-order valence-corrected chi connectivity index (χ3v) is 2.67. The monoisotopic (exact) mass is 317 g/mol. The van der Waals surface area contributed by atoms with Crippen molar-refractivity contribution in [1.29, 1.82) is 0 Å². The van der Waals surface area contributed by atoms with E-state index in [0.29, 0.717) is 34.0 Å². The van der Waals surface area contributed by atoms with Crippen molar-refractivity contribution in [3.8, 4) is 0 Å². The molecule has 4 rings (SSSR count). The summed E-state index contributed by atoms with van der Waals surface area (Å²) in [5.41, 5.74) is 7.49. The molecule has 0 unspecified atom stereocenters. The number of nitrogens with zero attached hydrogens (tertiary/aromatic N) is 5. The Balaban J connectivity index is 0.000000212. The average Bonchev–Trinajstić information content (AvgIpc) is 3.08. The maximum atomic E-state index is 11.1. The number of nitrogens with two attached hydrogens (primary N) is 1. The van der Waals surface area contributed by atoms with E-state index in [2.05, 4.69) is 39.9 Å². The molecule has 0 aliphatic heterocycles. The highest BCUT2D eigenvalue weighted by molar-refractivity contribution is 5.80. The van der Waals surface area contributed by atoms with Crippen molar-refractivity contribution < 1.29 is 0 Å². The third-order valence-electron chi connectivity index (χ3n) is 2.67. The maximum Gasteiger partial charge on any atom is 0.276 e. The minimum absolute atomic E-state index is 0. The summed E-state index contributed by atoms with van der Waals surface area (Å²) in [4.78, 5) is 38.6. The molecule has 4 aromatic rings. The first-order chi connectivity index (χ1) is 10.1. The van der Waals surface area contributed by atoms with Crippen LogP contribution in [0.15, 0.2) is 23.8 Å². The minimum atomic E-state index is -0.176. The van der Waals surface area contributed by atoms with Gasteiger partial charge >= 0.3 is 0 Å². The van der Waals surface area contributed by atoms with Crippen LogP contribution in [-0.2, 0) is 0 Å². The van der Waals surface area contributed by atoms with Crippen LogP contribution in [0.3, 0.4) is 0 Å². The summed E-state index contributed by atoms with van der Waals surface area (Å²) in [6, 6.07) is 0. The number of aromatic amines is 3. The van der Waals surface area contributed by atoms with Gasteiger partial charge in [0.15, 0.2) is 22.6 Å². The van der Waals surface area contributed by atoms with E-state index >= 15 is 0 Å². The summed E-state index contributed by atoms with van der Waals surface area (Å²) in [6.45, 7) is 1.72. The van der Waals surface area contributed by atoms with Crippen LogP contribution >= 0.6 is 0 Å². The lowest BCUT2D eigenvalue weighted by Gasteiger charge is -1.89. The summed E-state index contributed by atoms with van der Waals surface area (Å²) in [6.07, 6.45) is 4.38. The largest absolute Gasteiger partial charge is 0.382 e. The van der Waals surface area contributed by atoms with Crippen LogP contribution < -0.4 is 11.3 Å². The van der Waals surface area contributed by atoms with Crippen LogP contribution in [0, 0.1) is 6.92 Å². The Morgan fingerprint density at radius 1 is 0.957 bits per heavy atom. The van der Waals surface area contributed by atoms with Gasteiger partial charge < -0.3 is 20.7 Å². The van der Waals surface area contributed by atoms with E-state index in [-0.39, 0.29) is 20.4 Å². The molecule has 0 aliphatic carbocycles. The molecule has 0 fully saturated rings. The number of fused-ring (bicyclic) bond motifs is 2. The summed E-state index contributed by atoms with van der Waals surface area (Å²) in [5.74, 6) is 1.01. The van der Waals surface area contributed by atoms with Crippen LogP contribution in [0.5, 0.6) is 0 Å². The van der Waals surface area contributed by atoms with E-state index in [1.54, 1.807) is 6.92 Å². The molecule has 5 N–H and O–H groups in total. The maximum absolute atomic E-state index is 11.1. The quantitative estimate of drug-likeness (QED) is 0.379. The Bertz CT molecular complexity index is 953. The van der Waals surface area contributed by atoms with Crippen molar-refractivity contribution >= 4 is 28.1 Å². The van der Waals surface area contributed by atoms with Gasteiger partial charge in [0.2, 0.25) is 0 Å². The second-order valence-corrected chi connectivity index (χ2v) is 4.11. The SMILES string of the molecule is C.C.Cc1nc2nc[nH]c2c(=O)[nH]1.Nc1ncnc2nc[nH]c12. The highest BCUT2D eigenvalue weighted by Crippen LogP contribution is 2.09. The van der Waals surface area contributed by atoms with E-state index < -0.39 is 0 Å². The van der Waals surface area contributed by atoms with Crippen LogP contribution in [-0.4, -0.2) is 39.9 Å². The van der Waals surface area contributed by atoms with Gasteiger partial charge in [-0.05, 0) is 6.92 Å². The minimum Gasteiger partial charge on any atom is -0.382 e. The summed E-state index contributed by atoms with van der Waals surface area (Å²) in [5, 5.41) is 0. The first kappa shape index (κ1) is 17.8. The van der Waals surface area contributed by atoms with Crippen LogP contribution in [0.25, 0.3) is 22.3 Å². The lowest BCUT2D eigenvalue weighted by molar-refractivity contribution is 1.05. The molecule has 0 saturated heterocycles. The Labute approximate surface area is 131 Å². The zero-order chi connectivity index (χ0) is 14.8. The number of hydrogen-bond donors (Lipinski definition) is 4. The van der Waals surface area contributed by atoms with Gasteiger partial charge in [-0.25, -0.2) is 24.9 Å². The standard InChI is InChI=1S/C6H6N4O.C5H5N5.2CH4/c1-3-9-5-4(6(11)10-3)7-2-8-5;6-4-3-5(9-1-7-3)10-2-8-4;;/h2H,1H3,(H2,7,8,9,10,11);1-2H,(H3,6,7,8,9,10);2*1H4. The van der Waals surface area contributed by atoms with E-state index in [1.165, 1.54) is 19.0 Å². The Hall–Kier alpha value is -3.30. The van der Waals surface area contributed by atoms with Crippen LogP contribution in [0.4, 0.5) is 5.82 Å². The molecule has 0 amide bonds. The zero-order valence-electron chi connectivity index (χ0n) is 11.0. The first-order valence-electron chi connectivity index (χ1n) is 5.94. The number of aryl methyl sites for hydroxylation is 1. The molecule has 0 spiro atoms. The van der Waals surface area contributed by atoms with Crippen molar-refractivity contribution in [2.24, 2.45) is 0 Å². The van der Waals surface area contributed by atoms with Gasteiger partial charge in [-0.2, -0.15) is 0 Å². The molecule has 0 radical (unpaired) electrons. The molecule has 0 saturated carbocycles. The van der Waals surface area contributed by atoms with Gasteiger partial charge in [0, 0.05) is 0 Å². The van der Waals surface area contributed by atoms with Crippen molar-refractivity contribution in [1.82, 2.24) is 39.9 Å². The molecule has 0 aromatic carbocycles. The number of aromatic nitrogens is 8. The summed E-state index contributed by atoms with van der Waals surface area (Å²) in [7, 11) is 0. The van der Waals surface area contributed by atoms with Crippen molar-refractivity contribution in [3.05, 3.63) is 35.2 Å². The van der Waals surface area contributed by atoms with Gasteiger partial charge in [-0.3, -0.25) is 4.79 Å². The lowest BCUT2D eigenvalue weighted by atomic mass is 10.5. The number of imidazole rings is 2. The van der Waals surface area contributed by atoms with Crippen molar-refractivity contribution in [3.63, 3.8) is 0 Å². The fourth-order valence-corrected chi connectivity index (χ4v) is 1.74. The Kier molecular flexibility index (Phi) is 5.49. The van der Waals surface area contributed by atoms with Crippen molar-refractivity contribution in [2.45, 2.75) is 21.8 Å². The molecule has 4 heterocycles. The molecule has 0 atom stereocenters. The number of rotatable bonds is 0. The fraction of sp³-hybridized carbons (Fsp3) is 0.231. The van der Waals surface area contributed by atoms with E-state index in [9.17, 15) is 4.79 Å². The van der Waals surface area contributed by atoms with E-state index in [4.69, 9.17) is 5.73 Å². The van der Waals surface area contributed by atoms with Gasteiger partial charge in [-0.1, -0.05) is 14.9 Å². The molecular weight excluding hydrogens is 298 g/mol. The molecule has 10 heteroatoms. The molecule has 122 valence electrons. The Morgan fingerprint density at radius 3 is 2.30 bits per heavy atom. The first-order valence-corrected chi connectivity index (χ1v) is 5.94. The zero-order valence-corrected chi connectivity index (χ0v) is 11.0. The van der Waals surface area contributed by atoms with Gasteiger partial charge in [0.25, 0.3) is 5.56 Å². The lowest BCUT2D eigenvalue weighted by Crippen LogP contribution is -2.09. The smallest absolute Gasteiger partial charge is 0.276 e. The second kappa shape index (κ2) is 7.11. The number of hydrogen-bond acceptors (Lipinski definition) is 7. The highest BCUT2D eigenvalue weighted by Gasteiger charge is 2.01. The molecule has 10 nitrogen and oxygen atoms in total. The average molecular weight is 317 g/mol. The van der Waals surface area contributed by atoms with Gasteiger partial charge in [-0.15, -0.1) is 0 Å². The van der Waals surface area contributed by atoms with Crippen molar-refractivity contribution in [2.75, 3.05) is 5.73 Å². The topological polar surface area (TPSA) is 155 Å². The van der Waals surface area contributed by atoms with E-state index in [1.807, 2.05) is 0 Å². The second-order valence-electron chi connectivity index (χ2n) is 4.11. The third kappa shape index (κ3) is 3.48. The van der Waals surface area contributed by atoms with Gasteiger partial charge in [0.05, 0.1) is 12.7 Å². The molecule has 23 heavy (non-hydrogen) atoms. The summed E-state index contributed by atoms with van der Waals surface area (Å²) < 4.78 is 0. The molecule has 4 aromatic heterocycles. The van der Waals surface area contributed by atoms with Crippen LogP contribution in [0.2, 0.25) is 0 Å². The van der Waals surface area contributed by atoms with Crippen LogP contribution in [0.1, 0.15) is 20.7 Å². The molecule has 0 bridgehead atoms. The highest BCUT2D eigenvalue weighted by atomic mass is 16.1. The predicted octanol–water partition coefficient (Wildman–Crippen LogP) is 1.16. The van der Waals surface area contributed by atoms with E-state index in [0.717, 1.165) is 0 Å². The van der Waals surface area contributed by atoms with Gasteiger partial charge in [0.1, 0.15) is 17.7 Å². The molecule has 0 aliphatic rings. The predicted molar refractivity (Wildman–Crippen MR) is 88.8 cm³/mol. The molecular formula is C13H19N9O. The number of anilines is 1. The normalized spacial score (nSPS) is 9.61.